The molecular weight excluding hydrogens is 216 g/mol. The normalized spacial score (nSPS) is 10.5. The van der Waals surface area contributed by atoms with Gasteiger partial charge in [0.2, 0.25) is 0 Å². The second-order valence-corrected chi connectivity index (χ2v) is 3.92. The summed E-state index contributed by atoms with van der Waals surface area (Å²) in [6, 6.07) is 7.81. The van der Waals surface area contributed by atoms with Crippen molar-refractivity contribution in [2.24, 2.45) is 7.05 Å². The van der Waals surface area contributed by atoms with Gasteiger partial charge in [0, 0.05) is 18.8 Å². The van der Waals surface area contributed by atoms with E-state index in [0.29, 0.717) is 5.69 Å². The van der Waals surface area contributed by atoms with Crippen molar-refractivity contribution in [3.8, 4) is 11.3 Å². The van der Waals surface area contributed by atoms with Gasteiger partial charge in [-0.1, -0.05) is 31.2 Å². The number of aromatic nitrogens is 2. The summed E-state index contributed by atoms with van der Waals surface area (Å²) >= 11 is 0. The number of nitrogens with zero attached hydrogens (tertiary/aromatic N) is 2. The maximum absolute atomic E-state index is 11.1. The van der Waals surface area contributed by atoms with E-state index in [2.05, 4.69) is 12.0 Å². The van der Waals surface area contributed by atoms with E-state index in [1.165, 1.54) is 16.4 Å². The Hall–Kier alpha value is -2.10. The van der Waals surface area contributed by atoms with Crippen LogP contribution in [0.2, 0.25) is 0 Å². The number of carbonyl (C=O) groups is 1. The largest absolute Gasteiger partial charge is 0.478 e. The first-order chi connectivity index (χ1) is 8.11. The van der Waals surface area contributed by atoms with Gasteiger partial charge in [0.25, 0.3) is 0 Å². The third kappa shape index (κ3) is 2.20. The van der Waals surface area contributed by atoms with Crippen LogP contribution in [0.3, 0.4) is 0 Å². The molecule has 17 heavy (non-hydrogen) atoms. The highest BCUT2D eigenvalue weighted by Gasteiger charge is 2.15. The summed E-state index contributed by atoms with van der Waals surface area (Å²) in [7, 11) is 1.72. The van der Waals surface area contributed by atoms with E-state index < -0.39 is 5.97 Å². The molecule has 1 heterocycles. The van der Waals surface area contributed by atoms with Gasteiger partial charge in [-0.25, -0.2) is 4.79 Å². The van der Waals surface area contributed by atoms with Gasteiger partial charge >= 0.3 is 5.97 Å². The van der Waals surface area contributed by atoms with Crippen LogP contribution in [0.25, 0.3) is 11.3 Å². The minimum absolute atomic E-state index is 0.233. The van der Waals surface area contributed by atoms with Crippen LogP contribution in [0, 0.1) is 0 Å². The summed E-state index contributed by atoms with van der Waals surface area (Å²) in [6.45, 7) is 2.08. The molecule has 1 aromatic carbocycles. The molecule has 0 radical (unpaired) electrons. The summed E-state index contributed by atoms with van der Waals surface area (Å²) in [4.78, 5) is 11.1. The predicted molar refractivity (Wildman–Crippen MR) is 65.0 cm³/mol. The molecule has 0 saturated heterocycles. The van der Waals surface area contributed by atoms with Gasteiger partial charge in [0.05, 0.1) is 0 Å². The Labute approximate surface area is 99.5 Å². The Bertz CT molecular complexity index is 541. The van der Waals surface area contributed by atoms with Crippen LogP contribution in [0.1, 0.15) is 22.8 Å². The topological polar surface area (TPSA) is 55.1 Å². The molecule has 0 aliphatic carbocycles. The number of carboxylic acid groups (broad SMARTS) is 1. The molecular formula is C13H14N2O2. The van der Waals surface area contributed by atoms with E-state index in [9.17, 15) is 4.79 Å². The van der Waals surface area contributed by atoms with Crippen molar-refractivity contribution in [1.29, 1.82) is 0 Å². The van der Waals surface area contributed by atoms with Crippen molar-refractivity contribution in [3.63, 3.8) is 0 Å². The predicted octanol–water partition coefficient (Wildman–Crippen LogP) is 2.35. The molecule has 0 atom stereocenters. The molecule has 1 N–H and O–H groups in total. The SMILES string of the molecule is CCc1ccc(-c2nn(C)cc2C(=O)O)cc1. The number of aryl methyl sites for hydroxylation is 2. The third-order valence-corrected chi connectivity index (χ3v) is 2.69. The number of hydrogen-bond donors (Lipinski definition) is 1. The third-order valence-electron chi connectivity index (χ3n) is 2.69. The molecule has 2 aromatic rings. The van der Waals surface area contributed by atoms with E-state index in [1.807, 2.05) is 24.3 Å². The van der Waals surface area contributed by atoms with Crippen LogP contribution in [-0.4, -0.2) is 20.9 Å². The van der Waals surface area contributed by atoms with Crippen LogP contribution in [0.15, 0.2) is 30.5 Å². The average molecular weight is 230 g/mol. The van der Waals surface area contributed by atoms with Crippen molar-refractivity contribution in [2.75, 3.05) is 0 Å². The highest BCUT2D eigenvalue weighted by molar-refractivity contribution is 5.94. The summed E-state index contributed by atoms with van der Waals surface area (Å²) in [5.74, 6) is -0.951. The van der Waals surface area contributed by atoms with Crippen LogP contribution in [-0.2, 0) is 13.5 Å². The van der Waals surface area contributed by atoms with Crippen LogP contribution in [0.4, 0.5) is 0 Å². The Kier molecular flexibility index (Phi) is 2.95. The smallest absolute Gasteiger partial charge is 0.339 e. The molecule has 0 fully saturated rings. The second kappa shape index (κ2) is 4.41. The zero-order chi connectivity index (χ0) is 12.4. The number of aromatic carboxylic acids is 1. The van der Waals surface area contributed by atoms with E-state index in [4.69, 9.17) is 5.11 Å². The van der Waals surface area contributed by atoms with Crippen molar-refractivity contribution >= 4 is 5.97 Å². The fourth-order valence-electron chi connectivity index (χ4n) is 1.76. The molecule has 88 valence electrons. The molecule has 0 saturated carbocycles. The first-order valence-electron chi connectivity index (χ1n) is 5.48. The highest BCUT2D eigenvalue weighted by atomic mass is 16.4. The molecule has 0 amide bonds. The Morgan fingerprint density at radius 2 is 2.00 bits per heavy atom. The average Bonchev–Trinajstić information content (AvgIpc) is 2.72. The number of carboxylic acids is 1. The van der Waals surface area contributed by atoms with E-state index >= 15 is 0 Å². The van der Waals surface area contributed by atoms with Crippen molar-refractivity contribution in [1.82, 2.24) is 9.78 Å². The second-order valence-electron chi connectivity index (χ2n) is 3.92. The van der Waals surface area contributed by atoms with Gasteiger partial charge in [0.15, 0.2) is 0 Å². The number of rotatable bonds is 3. The molecule has 4 heteroatoms. The van der Waals surface area contributed by atoms with Gasteiger partial charge in [-0.05, 0) is 12.0 Å². The zero-order valence-corrected chi connectivity index (χ0v) is 9.84. The van der Waals surface area contributed by atoms with Gasteiger partial charge in [-0.2, -0.15) is 5.10 Å². The van der Waals surface area contributed by atoms with E-state index in [0.717, 1.165) is 12.0 Å². The minimum atomic E-state index is -0.951. The van der Waals surface area contributed by atoms with Gasteiger partial charge in [-0.15, -0.1) is 0 Å². The monoisotopic (exact) mass is 230 g/mol. The van der Waals surface area contributed by atoms with Crippen LogP contribution in [0.5, 0.6) is 0 Å². The van der Waals surface area contributed by atoms with Crippen molar-refractivity contribution in [3.05, 3.63) is 41.6 Å². The lowest BCUT2D eigenvalue weighted by Crippen LogP contribution is -1.96. The minimum Gasteiger partial charge on any atom is -0.478 e. The van der Waals surface area contributed by atoms with Crippen molar-refractivity contribution in [2.45, 2.75) is 13.3 Å². The Morgan fingerprint density at radius 1 is 1.35 bits per heavy atom. The highest BCUT2D eigenvalue weighted by Crippen LogP contribution is 2.22. The lowest BCUT2D eigenvalue weighted by molar-refractivity contribution is 0.0697. The molecule has 0 unspecified atom stereocenters. The molecule has 4 nitrogen and oxygen atoms in total. The van der Waals surface area contributed by atoms with Crippen molar-refractivity contribution < 1.29 is 9.90 Å². The maximum atomic E-state index is 11.1. The lowest BCUT2D eigenvalue weighted by atomic mass is 10.1. The van der Waals surface area contributed by atoms with Gasteiger partial charge in [0.1, 0.15) is 11.3 Å². The number of hydrogen-bond acceptors (Lipinski definition) is 2. The summed E-state index contributed by atoms with van der Waals surface area (Å²) in [5.41, 5.74) is 2.81. The molecule has 1 aromatic heterocycles. The molecule has 0 spiro atoms. The standard InChI is InChI=1S/C13H14N2O2/c1-3-9-4-6-10(7-5-9)12-11(13(16)17)8-15(2)14-12/h4-8H,3H2,1-2H3,(H,16,17). The summed E-state index contributed by atoms with van der Waals surface area (Å²) < 4.78 is 1.52. The summed E-state index contributed by atoms with van der Waals surface area (Å²) in [5, 5.41) is 13.3. The van der Waals surface area contributed by atoms with Crippen LogP contribution >= 0.6 is 0 Å². The summed E-state index contributed by atoms with van der Waals surface area (Å²) in [6.07, 6.45) is 2.49. The fourth-order valence-corrected chi connectivity index (χ4v) is 1.76. The van der Waals surface area contributed by atoms with E-state index in [1.54, 1.807) is 7.05 Å². The molecule has 2 rings (SSSR count). The van der Waals surface area contributed by atoms with Gasteiger partial charge in [-0.3, -0.25) is 4.68 Å². The quantitative estimate of drug-likeness (QED) is 0.880. The first-order valence-corrected chi connectivity index (χ1v) is 5.48. The zero-order valence-electron chi connectivity index (χ0n) is 9.84. The molecule has 0 bridgehead atoms. The maximum Gasteiger partial charge on any atom is 0.339 e. The fraction of sp³-hybridized carbons (Fsp3) is 0.231. The first kappa shape index (κ1) is 11.4. The van der Waals surface area contributed by atoms with E-state index in [-0.39, 0.29) is 5.56 Å². The molecule has 0 aliphatic rings. The van der Waals surface area contributed by atoms with Crippen LogP contribution < -0.4 is 0 Å². The van der Waals surface area contributed by atoms with Gasteiger partial charge < -0.3 is 5.11 Å². The lowest BCUT2D eigenvalue weighted by Gasteiger charge is -2.00. The molecule has 0 aliphatic heterocycles. The number of benzene rings is 1. The Balaban J connectivity index is 2.48. The Morgan fingerprint density at radius 3 is 2.53 bits per heavy atom.